The number of unbranched alkanes of at least 4 members (excludes halogenated alkanes) is 3. The van der Waals surface area contributed by atoms with Gasteiger partial charge in [0.2, 0.25) is 11.8 Å². The van der Waals surface area contributed by atoms with Crippen LogP contribution in [0.3, 0.4) is 0 Å². The fraction of sp³-hybridized carbons (Fsp3) is 0.562. The number of amides is 2. The fourth-order valence-corrected chi connectivity index (χ4v) is 2.47. The molecule has 1 aromatic rings. The number of hydroxylamine groups is 1. The third-order valence-corrected chi connectivity index (χ3v) is 3.84. The number of nitrogens with zero attached hydrogens (tertiary/aromatic N) is 1. The zero-order chi connectivity index (χ0) is 19.4. The van der Waals surface area contributed by atoms with Crippen LogP contribution in [0.4, 0.5) is 5.69 Å². The van der Waals surface area contributed by atoms with Crippen molar-refractivity contribution in [3.63, 3.8) is 0 Å². The minimum Gasteiger partial charge on any atom is -0.325 e. The van der Waals surface area contributed by atoms with E-state index in [9.17, 15) is 18.0 Å². The van der Waals surface area contributed by atoms with Gasteiger partial charge in [-0.3, -0.25) is 23.6 Å². The van der Waals surface area contributed by atoms with Gasteiger partial charge in [-0.05, 0) is 24.5 Å². The van der Waals surface area contributed by atoms with E-state index in [-0.39, 0.29) is 18.4 Å². The summed E-state index contributed by atoms with van der Waals surface area (Å²) in [5.41, 5.74) is 3.28. The molecule has 0 aliphatic carbocycles. The van der Waals surface area contributed by atoms with Crippen LogP contribution >= 0.6 is 0 Å². The Hall–Kier alpha value is -2.04. The summed E-state index contributed by atoms with van der Waals surface area (Å²) in [5, 5.41) is 2.72. The van der Waals surface area contributed by atoms with Gasteiger partial charge in [0, 0.05) is 19.0 Å². The molecule has 0 fully saturated rings. The molecule has 0 bridgehead atoms. The number of nitrogens with one attached hydrogen (secondary N) is 2. The highest BCUT2D eigenvalue weighted by Crippen LogP contribution is 2.12. The molecule has 0 radical (unpaired) electrons. The summed E-state index contributed by atoms with van der Waals surface area (Å²) in [6.45, 7) is -0.133. The molecular formula is C16H25N3O6S. The van der Waals surface area contributed by atoms with Gasteiger partial charge in [-0.1, -0.05) is 12.8 Å². The van der Waals surface area contributed by atoms with E-state index in [1.165, 1.54) is 19.5 Å². The average molecular weight is 387 g/mol. The fourth-order valence-electron chi connectivity index (χ4n) is 2.12. The highest BCUT2D eigenvalue weighted by atomic mass is 32.2. The molecule has 0 saturated carbocycles. The first-order valence-electron chi connectivity index (χ1n) is 8.20. The van der Waals surface area contributed by atoms with Crippen LogP contribution in [0.2, 0.25) is 0 Å². The van der Waals surface area contributed by atoms with Crippen LogP contribution in [0.1, 0.15) is 44.1 Å². The monoisotopic (exact) mass is 387 g/mol. The Morgan fingerprint density at radius 1 is 1.08 bits per heavy atom. The lowest BCUT2D eigenvalue weighted by Crippen LogP contribution is -2.21. The van der Waals surface area contributed by atoms with Gasteiger partial charge < -0.3 is 5.32 Å². The van der Waals surface area contributed by atoms with Crippen molar-refractivity contribution in [1.29, 1.82) is 0 Å². The Bertz CT molecular complexity index is 693. The van der Waals surface area contributed by atoms with Gasteiger partial charge in [0.15, 0.2) is 0 Å². The Kier molecular flexibility index (Phi) is 9.78. The number of carbonyl (C=O) groups is 2. The summed E-state index contributed by atoms with van der Waals surface area (Å²) >= 11 is 0. The predicted molar refractivity (Wildman–Crippen MR) is 95.4 cm³/mol. The smallest absolute Gasteiger partial charge is 0.264 e. The van der Waals surface area contributed by atoms with Gasteiger partial charge in [-0.25, -0.2) is 5.48 Å². The Labute approximate surface area is 153 Å². The molecule has 1 heterocycles. The first-order valence-corrected chi connectivity index (χ1v) is 10.0. The zero-order valence-electron chi connectivity index (χ0n) is 15.0. The standard InChI is InChI=1S/C16H25N3O6S/c1-24-19-16(21)8-6-4-3-5-7-15(20)18-14-9-13(10-17-11-14)12-25-26(2,22)23/h9-11H,3-8,12H2,1-2H3,(H,18,20)(H,19,21). The molecule has 0 aliphatic rings. The van der Waals surface area contributed by atoms with Gasteiger partial charge in [-0.15, -0.1) is 0 Å². The number of hydrogen-bond acceptors (Lipinski definition) is 7. The first-order chi connectivity index (χ1) is 12.3. The molecule has 1 rings (SSSR count). The predicted octanol–water partition coefficient (Wildman–Crippen LogP) is 1.51. The Morgan fingerprint density at radius 3 is 2.35 bits per heavy atom. The normalized spacial score (nSPS) is 11.2. The SMILES string of the molecule is CONC(=O)CCCCCCC(=O)Nc1cncc(COS(C)(=O)=O)c1. The van der Waals surface area contributed by atoms with E-state index in [4.69, 9.17) is 4.18 Å². The molecule has 10 heteroatoms. The maximum Gasteiger partial charge on any atom is 0.264 e. The zero-order valence-corrected chi connectivity index (χ0v) is 15.8. The van der Waals surface area contributed by atoms with E-state index in [1.54, 1.807) is 6.07 Å². The molecule has 0 aliphatic heterocycles. The molecule has 0 unspecified atom stereocenters. The van der Waals surface area contributed by atoms with Crippen LogP contribution in [0.15, 0.2) is 18.5 Å². The molecule has 0 saturated heterocycles. The molecule has 9 nitrogen and oxygen atoms in total. The molecule has 0 aromatic carbocycles. The molecule has 0 spiro atoms. The summed E-state index contributed by atoms with van der Waals surface area (Å²) in [4.78, 5) is 31.6. The van der Waals surface area contributed by atoms with Gasteiger partial charge >= 0.3 is 0 Å². The summed E-state index contributed by atoms with van der Waals surface area (Å²) in [5.74, 6) is -0.303. The van der Waals surface area contributed by atoms with Crippen molar-refractivity contribution in [2.24, 2.45) is 0 Å². The lowest BCUT2D eigenvalue weighted by Gasteiger charge is -2.07. The molecule has 0 atom stereocenters. The third-order valence-electron chi connectivity index (χ3n) is 3.29. The highest BCUT2D eigenvalue weighted by Gasteiger charge is 2.07. The van der Waals surface area contributed by atoms with Gasteiger partial charge in [0.05, 0.1) is 31.9 Å². The summed E-state index contributed by atoms with van der Waals surface area (Å²) in [6, 6.07) is 1.62. The van der Waals surface area contributed by atoms with Gasteiger partial charge in [0.25, 0.3) is 10.1 Å². The van der Waals surface area contributed by atoms with Crippen molar-refractivity contribution in [1.82, 2.24) is 10.5 Å². The molecular weight excluding hydrogens is 362 g/mol. The lowest BCUT2D eigenvalue weighted by atomic mass is 10.1. The second-order valence-corrected chi connectivity index (χ2v) is 7.38. The molecule has 26 heavy (non-hydrogen) atoms. The van der Waals surface area contributed by atoms with Crippen LogP contribution in [-0.4, -0.2) is 38.6 Å². The number of hydrogen-bond donors (Lipinski definition) is 2. The Morgan fingerprint density at radius 2 is 1.73 bits per heavy atom. The van der Waals surface area contributed by atoms with Crippen LogP contribution in [0.25, 0.3) is 0 Å². The first kappa shape index (κ1) is 22.0. The van der Waals surface area contributed by atoms with E-state index in [1.807, 2.05) is 0 Å². The van der Waals surface area contributed by atoms with Gasteiger partial charge in [0.1, 0.15) is 0 Å². The number of carbonyl (C=O) groups excluding carboxylic acids is 2. The Balaban J connectivity index is 2.25. The third kappa shape index (κ3) is 10.7. The molecule has 2 N–H and O–H groups in total. The molecule has 2 amide bonds. The summed E-state index contributed by atoms with van der Waals surface area (Å²) < 4.78 is 26.7. The van der Waals surface area contributed by atoms with E-state index >= 15 is 0 Å². The lowest BCUT2D eigenvalue weighted by molar-refractivity contribution is -0.131. The number of rotatable bonds is 12. The highest BCUT2D eigenvalue weighted by molar-refractivity contribution is 7.85. The second kappa shape index (κ2) is 11.6. The molecule has 1 aromatic heterocycles. The minimum atomic E-state index is -3.53. The number of aromatic nitrogens is 1. The maximum absolute atomic E-state index is 11.9. The average Bonchev–Trinajstić information content (AvgIpc) is 2.56. The van der Waals surface area contributed by atoms with E-state index in [2.05, 4.69) is 20.6 Å². The van der Waals surface area contributed by atoms with Gasteiger partial charge in [-0.2, -0.15) is 8.42 Å². The van der Waals surface area contributed by atoms with Crippen LogP contribution < -0.4 is 10.8 Å². The van der Waals surface area contributed by atoms with Crippen molar-refractivity contribution in [3.8, 4) is 0 Å². The topological polar surface area (TPSA) is 124 Å². The largest absolute Gasteiger partial charge is 0.325 e. The quantitative estimate of drug-likeness (QED) is 0.316. The summed E-state index contributed by atoms with van der Waals surface area (Å²) in [6.07, 6.45) is 7.82. The van der Waals surface area contributed by atoms with E-state index in [0.717, 1.165) is 25.5 Å². The summed E-state index contributed by atoms with van der Waals surface area (Å²) in [7, 11) is -2.14. The van der Waals surface area contributed by atoms with Crippen molar-refractivity contribution >= 4 is 27.6 Å². The number of anilines is 1. The van der Waals surface area contributed by atoms with Crippen molar-refractivity contribution in [2.45, 2.75) is 45.1 Å². The van der Waals surface area contributed by atoms with E-state index < -0.39 is 10.1 Å². The second-order valence-electron chi connectivity index (χ2n) is 5.74. The van der Waals surface area contributed by atoms with Crippen LogP contribution in [0.5, 0.6) is 0 Å². The van der Waals surface area contributed by atoms with Crippen LogP contribution in [0, 0.1) is 0 Å². The number of pyridine rings is 1. The van der Waals surface area contributed by atoms with E-state index in [0.29, 0.717) is 30.5 Å². The van der Waals surface area contributed by atoms with Crippen molar-refractivity contribution in [2.75, 3.05) is 18.7 Å². The maximum atomic E-state index is 11.9. The minimum absolute atomic E-state index is 0.133. The molecule has 146 valence electrons. The van der Waals surface area contributed by atoms with Crippen molar-refractivity contribution < 1.29 is 27.0 Å². The van der Waals surface area contributed by atoms with Crippen LogP contribution in [-0.2, 0) is 35.3 Å². The van der Waals surface area contributed by atoms with Crippen molar-refractivity contribution in [3.05, 3.63) is 24.0 Å².